The molecule has 4 rings (SSSR count). The number of aromatic amines is 1. The number of aromatic hydroxyl groups is 1. The third-order valence-corrected chi connectivity index (χ3v) is 4.82. The third kappa shape index (κ3) is 3.46. The van der Waals surface area contributed by atoms with E-state index in [1.165, 1.54) is 13.2 Å². The Balaban J connectivity index is 1.60. The van der Waals surface area contributed by atoms with Crippen LogP contribution in [0, 0.1) is 5.82 Å². The number of fused-ring (bicyclic) bond motifs is 1. The predicted octanol–water partition coefficient (Wildman–Crippen LogP) is 2.24. The van der Waals surface area contributed by atoms with Crippen LogP contribution in [0.3, 0.4) is 0 Å². The molecule has 0 unspecified atom stereocenters. The van der Waals surface area contributed by atoms with Crippen LogP contribution in [0.15, 0.2) is 41.5 Å². The summed E-state index contributed by atoms with van der Waals surface area (Å²) in [5, 5.41) is 9.66. The largest absolute Gasteiger partial charge is 0.502 e. The van der Waals surface area contributed by atoms with Gasteiger partial charge in [0.1, 0.15) is 5.82 Å². The SMILES string of the molecule is COc1cc(CN2CCc3c(nc(-c4ccncc4)[nH]c3=O)C2)cc(F)c1O. The molecule has 0 saturated carbocycles. The van der Waals surface area contributed by atoms with Crippen molar-refractivity contribution in [2.75, 3.05) is 13.7 Å². The molecular formula is C20H19FN4O3. The minimum Gasteiger partial charge on any atom is -0.502 e. The Morgan fingerprint density at radius 2 is 2.11 bits per heavy atom. The molecule has 1 aliphatic heterocycles. The second-order valence-electron chi connectivity index (χ2n) is 6.66. The Kier molecular flexibility index (Phi) is 4.79. The number of hydrogen-bond donors (Lipinski definition) is 2. The number of aromatic nitrogens is 3. The van der Waals surface area contributed by atoms with Gasteiger partial charge in [-0.25, -0.2) is 9.37 Å². The average molecular weight is 382 g/mol. The first-order valence-electron chi connectivity index (χ1n) is 8.85. The molecule has 0 fully saturated rings. The van der Waals surface area contributed by atoms with Crippen molar-refractivity contribution in [3.05, 3.63) is 69.7 Å². The van der Waals surface area contributed by atoms with E-state index in [-0.39, 0.29) is 11.3 Å². The molecular weight excluding hydrogens is 363 g/mol. The van der Waals surface area contributed by atoms with Gasteiger partial charge in [-0.15, -0.1) is 0 Å². The molecule has 7 nitrogen and oxygen atoms in total. The minimum absolute atomic E-state index is 0.0990. The van der Waals surface area contributed by atoms with Gasteiger partial charge in [-0.2, -0.15) is 0 Å². The van der Waals surface area contributed by atoms with E-state index in [1.807, 2.05) is 0 Å². The van der Waals surface area contributed by atoms with Crippen molar-refractivity contribution in [2.45, 2.75) is 19.5 Å². The summed E-state index contributed by atoms with van der Waals surface area (Å²) in [6.45, 7) is 1.57. The van der Waals surface area contributed by atoms with E-state index in [0.29, 0.717) is 48.7 Å². The third-order valence-electron chi connectivity index (χ3n) is 4.82. The average Bonchev–Trinajstić information content (AvgIpc) is 2.71. The van der Waals surface area contributed by atoms with E-state index in [1.54, 1.807) is 30.6 Å². The summed E-state index contributed by atoms with van der Waals surface area (Å²) < 4.78 is 18.9. The topological polar surface area (TPSA) is 91.3 Å². The first-order valence-corrected chi connectivity index (χ1v) is 8.85. The highest BCUT2D eigenvalue weighted by Gasteiger charge is 2.22. The number of benzene rings is 1. The van der Waals surface area contributed by atoms with Gasteiger partial charge in [-0.05, 0) is 36.2 Å². The number of rotatable bonds is 4. The number of H-pyrrole nitrogens is 1. The van der Waals surface area contributed by atoms with Crippen molar-refractivity contribution in [1.82, 2.24) is 19.9 Å². The molecule has 0 saturated heterocycles. The van der Waals surface area contributed by atoms with Gasteiger partial charge in [0, 0.05) is 43.2 Å². The van der Waals surface area contributed by atoms with E-state index >= 15 is 0 Å². The molecule has 0 atom stereocenters. The molecule has 3 heterocycles. The molecule has 0 bridgehead atoms. The second-order valence-corrected chi connectivity index (χ2v) is 6.66. The molecule has 2 aromatic heterocycles. The van der Waals surface area contributed by atoms with Crippen LogP contribution in [0.2, 0.25) is 0 Å². The first-order chi connectivity index (χ1) is 13.5. The van der Waals surface area contributed by atoms with Crippen molar-refractivity contribution >= 4 is 0 Å². The lowest BCUT2D eigenvalue weighted by molar-refractivity contribution is 0.239. The number of ether oxygens (including phenoxy) is 1. The lowest BCUT2D eigenvalue weighted by atomic mass is 10.0. The molecule has 8 heteroatoms. The molecule has 0 radical (unpaired) electrons. The molecule has 1 aliphatic rings. The Morgan fingerprint density at radius 1 is 1.32 bits per heavy atom. The lowest BCUT2D eigenvalue weighted by Gasteiger charge is -2.28. The summed E-state index contributed by atoms with van der Waals surface area (Å²) >= 11 is 0. The monoisotopic (exact) mass is 382 g/mol. The van der Waals surface area contributed by atoms with E-state index in [2.05, 4.69) is 19.9 Å². The maximum Gasteiger partial charge on any atom is 0.254 e. The number of methoxy groups -OCH3 is 1. The van der Waals surface area contributed by atoms with Crippen LogP contribution in [0.5, 0.6) is 11.5 Å². The van der Waals surface area contributed by atoms with Crippen LogP contribution in [0.25, 0.3) is 11.4 Å². The highest BCUT2D eigenvalue weighted by Crippen LogP contribution is 2.31. The van der Waals surface area contributed by atoms with Crippen molar-refractivity contribution in [1.29, 1.82) is 0 Å². The Morgan fingerprint density at radius 3 is 2.86 bits per heavy atom. The summed E-state index contributed by atoms with van der Waals surface area (Å²) in [7, 11) is 1.38. The Hall–Kier alpha value is -3.26. The number of halogens is 1. The summed E-state index contributed by atoms with van der Waals surface area (Å²) in [5.41, 5.74) is 2.73. The van der Waals surface area contributed by atoms with Gasteiger partial charge < -0.3 is 14.8 Å². The molecule has 3 aromatic rings. The van der Waals surface area contributed by atoms with Gasteiger partial charge in [-0.1, -0.05) is 0 Å². The van der Waals surface area contributed by atoms with Gasteiger partial charge in [0.2, 0.25) is 0 Å². The lowest BCUT2D eigenvalue weighted by Crippen LogP contribution is -2.35. The number of phenolic OH excluding ortho intramolecular Hbond substituents is 1. The quantitative estimate of drug-likeness (QED) is 0.719. The minimum atomic E-state index is -0.721. The van der Waals surface area contributed by atoms with Crippen LogP contribution in [0.1, 0.15) is 16.8 Å². The highest BCUT2D eigenvalue weighted by molar-refractivity contribution is 5.54. The van der Waals surface area contributed by atoms with Crippen LogP contribution < -0.4 is 10.3 Å². The first kappa shape index (κ1) is 18.1. The van der Waals surface area contributed by atoms with Crippen molar-refractivity contribution < 1.29 is 14.2 Å². The molecule has 0 aliphatic carbocycles. The summed E-state index contributed by atoms with van der Waals surface area (Å²) in [6, 6.07) is 6.48. The number of nitrogens with zero attached hydrogens (tertiary/aromatic N) is 3. The molecule has 2 N–H and O–H groups in total. The summed E-state index contributed by atoms with van der Waals surface area (Å²) in [5.74, 6) is -0.612. The number of phenols is 1. The normalized spacial score (nSPS) is 13.9. The van der Waals surface area contributed by atoms with Gasteiger partial charge in [0.25, 0.3) is 5.56 Å². The molecule has 0 spiro atoms. The van der Waals surface area contributed by atoms with Crippen LogP contribution in [0.4, 0.5) is 4.39 Å². The van der Waals surface area contributed by atoms with E-state index in [4.69, 9.17) is 4.74 Å². The Bertz CT molecular complexity index is 1070. The van der Waals surface area contributed by atoms with Crippen molar-refractivity contribution in [3.63, 3.8) is 0 Å². The van der Waals surface area contributed by atoms with Crippen LogP contribution >= 0.6 is 0 Å². The second kappa shape index (κ2) is 7.40. The smallest absolute Gasteiger partial charge is 0.254 e. The van der Waals surface area contributed by atoms with E-state index in [9.17, 15) is 14.3 Å². The highest BCUT2D eigenvalue weighted by atomic mass is 19.1. The molecule has 0 amide bonds. The van der Waals surface area contributed by atoms with E-state index < -0.39 is 11.6 Å². The zero-order chi connectivity index (χ0) is 19.7. The Labute approximate surface area is 160 Å². The number of hydrogen-bond acceptors (Lipinski definition) is 6. The summed E-state index contributed by atoms with van der Waals surface area (Å²) in [4.78, 5) is 26.0. The van der Waals surface area contributed by atoms with Crippen molar-refractivity contribution in [2.24, 2.45) is 0 Å². The van der Waals surface area contributed by atoms with Gasteiger partial charge >= 0.3 is 0 Å². The zero-order valence-electron chi connectivity index (χ0n) is 15.3. The number of pyridine rings is 1. The maximum absolute atomic E-state index is 13.9. The van der Waals surface area contributed by atoms with E-state index in [0.717, 1.165) is 5.56 Å². The van der Waals surface area contributed by atoms with Gasteiger partial charge in [0.05, 0.1) is 12.8 Å². The maximum atomic E-state index is 13.9. The molecule has 1 aromatic carbocycles. The van der Waals surface area contributed by atoms with Crippen LogP contribution in [-0.2, 0) is 19.5 Å². The molecule has 144 valence electrons. The fraction of sp³-hybridized carbons (Fsp3) is 0.250. The van der Waals surface area contributed by atoms with Gasteiger partial charge in [0.15, 0.2) is 17.3 Å². The fourth-order valence-corrected chi connectivity index (χ4v) is 3.41. The fourth-order valence-electron chi connectivity index (χ4n) is 3.41. The summed E-state index contributed by atoms with van der Waals surface area (Å²) in [6.07, 6.45) is 3.85. The predicted molar refractivity (Wildman–Crippen MR) is 101 cm³/mol. The van der Waals surface area contributed by atoms with Gasteiger partial charge in [-0.3, -0.25) is 14.7 Å². The standard InChI is InChI=1S/C20H19FN4O3/c1-28-17-9-12(8-15(21)18(17)26)10-25-7-4-14-16(11-25)23-19(24-20(14)27)13-2-5-22-6-3-13/h2-3,5-6,8-9,26H,4,7,10-11H2,1H3,(H,23,24,27). The molecule has 28 heavy (non-hydrogen) atoms. The zero-order valence-corrected chi connectivity index (χ0v) is 15.3. The number of nitrogens with one attached hydrogen (secondary N) is 1. The van der Waals surface area contributed by atoms with Crippen LogP contribution in [-0.4, -0.2) is 38.6 Å². The van der Waals surface area contributed by atoms with Crippen molar-refractivity contribution in [3.8, 4) is 22.9 Å².